The van der Waals surface area contributed by atoms with E-state index in [0.717, 1.165) is 57.7 Å². The molecular formula is C25H30N6O3. The summed E-state index contributed by atoms with van der Waals surface area (Å²) < 4.78 is 15.9. The van der Waals surface area contributed by atoms with Gasteiger partial charge in [0.2, 0.25) is 11.8 Å². The zero-order chi connectivity index (χ0) is 23.7. The summed E-state index contributed by atoms with van der Waals surface area (Å²) in [5, 5.41) is 27.1. The fourth-order valence-electron chi connectivity index (χ4n) is 4.34. The van der Waals surface area contributed by atoms with E-state index in [0.29, 0.717) is 31.6 Å². The average Bonchev–Trinajstić information content (AvgIpc) is 3.49. The van der Waals surface area contributed by atoms with E-state index in [-0.39, 0.29) is 6.61 Å². The first-order valence-electron chi connectivity index (χ1n) is 11.7. The highest BCUT2D eigenvalue weighted by Crippen LogP contribution is 2.33. The molecule has 178 valence electrons. The van der Waals surface area contributed by atoms with Crippen LogP contribution in [0.1, 0.15) is 36.7 Å². The van der Waals surface area contributed by atoms with Crippen LogP contribution in [0.15, 0.2) is 24.4 Å². The number of aromatic nitrogens is 6. The van der Waals surface area contributed by atoms with Crippen LogP contribution in [0.3, 0.4) is 0 Å². The van der Waals surface area contributed by atoms with Crippen molar-refractivity contribution in [2.75, 3.05) is 19.8 Å². The van der Waals surface area contributed by atoms with Crippen LogP contribution in [0.25, 0.3) is 34.2 Å². The van der Waals surface area contributed by atoms with Gasteiger partial charge in [0.05, 0.1) is 54.9 Å². The molecule has 1 unspecified atom stereocenters. The Morgan fingerprint density at radius 1 is 1.24 bits per heavy atom. The molecule has 34 heavy (non-hydrogen) atoms. The lowest BCUT2D eigenvalue weighted by molar-refractivity contribution is 0.220. The summed E-state index contributed by atoms with van der Waals surface area (Å²) in [6.45, 7) is 5.77. The van der Waals surface area contributed by atoms with Gasteiger partial charge in [-0.3, -0.25) is 9.78 Å². The number of fused-ring (bicyclic) bond motifs is 4. The number of hydrogen-bond acceptors (Lipinski definition) is 6. The van der Waals surface area contributed by atoms with E-state index in [9.17, 15) is 5.11 Å². The van der Waals surface area contributed by atoms with Crippen LogP contribution in [-0.2, 0) is 13.6 Å². The van der Waals surface area contributed by atoms with Gasteiger partial charge in [-0.1, -0.05) is 13.0 Å². The quantitative estimate of drug-likeness (QED) is 0.470. The molecule has 0 fully saturated rings. The highest BCUT2D eigenvalue weighted by Gasteiger charge is 2.17. The summed E-state index contributed by atoms with van der Waals surface area (Å²) in [4.78, 5) is 0. The number of aliphatic hydroxyl groups is 1. The number of nitrogens with zero attached hydrogens (tertiary/aromatic N) is 5. The van der Waals surface area contributed by atoms with E-state index in [1.165, 1.54) is 0 Å². The SMILES string of the molecule is Cc1c2c(nn1CCO)OCC(C)CCCOc1c(cnn1C)-c1ccc3n[nH]c(c3c1)/C=C/2. The second kappa shape index (κ2) is 9.34. The van der Waals surface area contributed by atoms with Crippen LogP contribution in [-0.4, -0.2) is 54.7 Å². The van der Waals surface area contributed by atoms with E-state index in [4.69, 9.17) is 9.47 Å². The van der Waals surface area contributed by atoms with Crippen LogP contribution < -0.4 is 9.47 Å². The van der Waals surface area contributed by atoms with Gasteiger partial charge in [-0.2, -0.15) is 10.2 Å². The summed E-state index contributed by atoms with van der Waals surface area (Å²) in [6, 6.07) is 6.16. The predicted octanol–water partition coefficient (Wildman–Crippen LogP) is 3.82. The highest BCUT2D eigenvalue weighted by atomic mass is 16.5. The number of aryl methyl sites for hydroxylation is 1. The fraction of sp³-hybridized carbons (Fsp3) is 0.400. The van der Waals surface area contributed by atoms with Crippen molar-refractivity contribution in [2.24, 2.45) is 13.0 Å². The number of rotatable bonds is 2. The fourth-order valence-corrected chi connectivity index (χ4v) is 4.34. The van der Waals surface area contributed by atoms with Gasteiger partial charge in [0, 0.05) is 18.1 Å². The van der Waals surface area contributed by atoms with Crippen molar-refractivity contribution in [2.45, 2.75) is 33.2 Å². The second-order valence-electron chi connectivity index (χ2n) is 8.85. The van der Waals surface area contributed by atoms with Crippen molar-refractivity contribution in [1.82, 2.24) is 29.8 Å². The van der Waals surface area contributed by atoms with Crippen molar-refractivity contribution in [1.29, 1.82) is 0 Å². The first-order valence-corrected chi connectivity index (χ1v) is 11.7. The molecule has 1 aromatic carbocycles. The third-order valence-corrected chi connectivity index (χ3v) is 6.31. The third-order valence-electron chi connectivity index (χ3n) is 6.31. The third kappa shape index (κ3) is 4.19. The first-order chi connectivity index (χ1) is 16.5. The molecule has 1 atom stereocenters. The van der Waals surface area contributed by atoms with Gasteiger partial charge >= 0.3 is 0 Å². The molecule has 2 N–H and O–H groups in total. The summed E-state index contributed by atoms with van der Waals surface area (Å²) in [6.07, 6.45) is 7.73. The Kier molecular flexibility index (Phi) is 6.10. The van der Waals surface area contributed by atoms with Gasteiger partial charge in [-0.05, 0) is 55.5 Å². The summed E-state index contributed by atoms with van der Waals surface area (Å²) >= 11 is 0. The Labute approximate surface area is 198 Å². The van der Waals surface area contributed by atoms with E-state index in [1.54, 1.807) is 9.36 Å². The molecule has 4 aromatic rings. The van der Waals surface area contributed by atoms with Gasteiger partial charge in [-0.25, -0.2) is 4.68 Å². The molecule has 0 saturated heterocycles. The number of aromatic amines is 1. The van der Waals surface area contributed by atoms with Crippen LogP contribution in [0.4, 0.5) is 0 Å². The normalized spacial score (nSPS) is 17.6. The molecule has 5 rings (SSSR count). The standard InChI is InChI=1S/C25H30N6O3/c1-16-5-4-12-33-25-21(14-26-30(25)3)18-6-8-22-20(13-18)23(28-27-22)9-7-19-17(2)31(10-11-32)29-24(19)34-15-16/h6-9,13-14,16,32H,4-5,10-12,15H2,1-3H3,(H,27,28)/b9-7+. The molecule has 0 saturated carbocycles. The van der Waals surface area contributed by atoms with E-state index in [2.05, 4.69) is 33.4 Å². The van der Waals surface area contributed by atoms with Gasteiger partial charge in [0.15, 0.2) is 0 Å². The lowest BCUT2D eigenvalue weighted by Crippen LogP contribution is -2.12. The van der Waals surface area contributed by atoms with Crippen LogP contribution in [0.2, 0.25) is 0 Å². The van der Waals surface area contributed by atoms with Crippen LogP contribution in [0, 0.1) is 12.8 Å². The summed E-state index contributed by atoms with van der Waals surface area (Å²) in [7, 11) is 1.90. The molecule has 0 amide bonds. The molecule has 1 aliphatic heterocycles. The number of aliphatic hydroxyl groups excluding tert-OH is 1. The molecule has 4 heterocycles. The number of benzene rings is 1. The molecule has 0 aliphatic carbocycles. The topological polar surface area (TPSA) is 103 Å². The zero-order valence-electron chi connectivity index (χ0n) is 19.8. The van der Waals surface area contributed by atoms with E-state index >= 15 is 0 Å². The van der Waals surface area contributed by atoms with Gasteiger partial charge < -0.3 is 14.6 Å². The Hall–Kier alpha value is -3.59. The maximum atomic E-state index is 9.43. The average molecular weight is 463 g/mol. The van der Waals surface area contributed by atoms with Crippen molar-refractivity contribution in [3.05, 3.63) is 41.3 Å². The van der Waals surface area contributed by atoms with Crippen molar-refractivity contribution >= 4 is 23.1 Å². The van der Waals surface area contributed by atoms with Gasteiger partial charge in [0.25, 0.3) is 0 Å². The highest BCUT2D eigenvalue weighted by molar-refractivity contribution is 5.93. The van der Waals surface area contributed by atoms with Crippen LogP contribution in [0.5, 0.6) is 11.8 Å². The first kappa shape index (κ1) is 22.2. The molecule has 2 bridgehead atoms. The maximum absolute atomic E-state index is 9.43. The Balaban J connectivity index is 1.61. The maximum Gasteiger partial charge on any atom is 0.240 e. The predicted molar refractivity (Wildman–Crippen MR) is 131 cm³/mol. The molecule has 0 spiro atoms. The lowest BCUT2D eigenvalue weighted by Gasteiger charge is -2.13. The summed E-state index contributed by atoms with van der Waals surface area (Å²) in [5.74, 6) is 1.69. The Bertz CT molecular complexity index is 1330. The number of H-pyrrole nitrogens is 1. The minimum absolute atomic E-state index is 0.0197. The molecule has 3 aromatic heterocycles. The zero-order valence-corrected chi connectivity index (χ0v) is 19.8. The second-order valence-corrected chi connectivity index (χ2v) is 8.85. The van der Waals surface area contributed by atoms with Gasteiger partial charge in [-0.15, -0.1) is 5.10 Å². The number of ether oxygens (including phenoxy) is 2. The van der Waals surface area contributed by atoms with Gasteiger partial charge in [0.1, 0.15) is 0 Å². The minimum Gasteiger partial charge on any atom is -0.477 e. The monoisotopic (exact) mass is 462 g/mol. The molecule has 0 radical (unpaired) electrons. The van der Waals surface area contributed by atoms with E-state index < -0.39 is 0 Å². The largest absolute Gasteiger partial charge is 0.477 e. The molecule has 1 aliphatic rings. The van der Waals surface area contributed by atoms with Crippen LogP contribution >= 0.6 is 0 Å². The Morgan fingerprint density at radius 2 is 2.12 bits per heavy atom. The van der Waals surface area contributed by atoms with E-state index in [1.807, 2.05) is 44.5 Å². The lowest BCUT2D eigenvalue weighted by atomic mass is 10.1. The summed E-state index contributed by atoms with van der Waals surface area (Å²) in [5.41, 5.74) is 5.61. The Morgan fingerprint density at radius 3 is 2.97 bits per heavy atom. The minimum atomic E-state index is 0.0197. The number of hydrogen-bond donors (Lipinski definition) is 2. The molecule has 9 heteroatoms. The number of nitrogens with one attached hydrogen (secondary N) is 1. The smallest absolute Gasteiger partial charge is 0.240 e. The molecule has 9 nitrogen and oxygen atoms in total. The van der Waals surface area contributed by atoms with Crippen molar-refractivity contribution in [3.63, 3.8) is 0 Å². The molecular weight excluding hydrogens is 432 g/mol. The van der Waals surface area contributed by atoms with Crippen molar-refractivity contribution in [3.8, 4) is 22.9 Å². The van der Waals surface area contributed by atoms with Crippen molar-refractivity contribution < 1.29 is 14.6 Å².